The minimum Gasteiger partial charge on any atom is -0.389 e. The largest absolute Gasteiger partial charge is 0.389 e. The summed E-state index contributed by atoms with van der Waals surface area (Å²) in [4.78, 5) is 18.7. The van der Waals surface area contributed by atoms with Crippen molar-refractivity contribution in [3.8, 4) is 0 Å². The first-order chi connectivity index (χ1) is 12.0. The maximum absolute atomic E-state index is 12.5. The van der Waals surface area contributed by atoms with E-state index in [1.54, 1.807) is 0 Å². The first-order valence-corrected chi connectivity index (χ1v) is 10.1. The Morgan fingerprint density at radius 1 is 1.48 bits per heavy atom. The smallest absolute Gasteiger partial charge is 0.233 e. The van der Waals surface area contributed by atoms with Crippen molar-refractivity contribution >= 4 is 17.7 Å². The number of amides is 1. The molecule has 2 saturated heterocycles. The molecular formula is C17H28N4O3S. The molecule has 0 bridgehead atoms. The Morgan fingerprint density at radius 3 is 2.88 bits per heavy atom. The lowest BCUT2D eigenvalue weighted by atomic mass is 9.70. The number of nitrogens with one attached hydrogen (secondary N) is 1. The van der Waals surface area contributed by atoms with Crippen LogP contribution in [0.2, 0.25) is 0 Å². The van der Waals surface area contributed by atoms with E-state index in [-0.39, 0.29) is 17.7 Å². The number of aromatic amines is 1. The summed E-state index contributed by atoms with van der Waals surface area (Å²) in [6, 6.07) is 0. The lowest BCUT2D eigenvalue weighted by Gasteiger charge is -2.48. The molecule has 0 spiro atoms. The fourth-order valence-corrected chi connectivity index (χ4v) is 4.61. The number of rotatable bonds is 5. The molecule has 2 unspecified atom stereocenters. The third-order valence-electron chi connectivity index (χ3n) is 5.58. The van der Waals surface area contributed by atoms with Crippen LogP contribution in [0, 0.1) is 11.8 Å². The second kappa shape index (κ2) is 8.05. The van der Waals surface area contributed by atoms with E-state index < -0.39 is 5.60 Å². The van der Waals surface area contributed by atoms with Gasteiger partial charge in [0.1, 0.15) is 5.82 Å². The van der Waals surface area contributed by atoms with Crippen molar-refractivity contribution in [2.75, 3.05) is 32.1 Å². The molecule has 0 saturated carbocycles. The molecule has 0 radical (unpaired) electrons. The first-order valence-electron chi connectivity index (χ1n) is 9.15. The van der Waals surface area contributed by atoms with Gasteiger partial charge in [0.25, 0.3) is 0 Å². The van der Waals surface area contributed by atoms with Gasteiger partial charge in [0.05, 0.1) is 11.4 Å². The Kier molecular flexibility index (Phi) is 6.01. The van der Waals surface area contributed by atoms with Crippen LogP contribution in [-0.2, 0) is 16.0 Å². The minimum absolute atomic E-state index is 0.0773. The summed E-state index contributed by atoms with van der Waals surface area (Å²) in [5.41, 5.74) is -0.673. The maximum Gasteiger partial charge on any atom is 0.233 e. The van der Waals surface area contributed by atoms with E-state index in [0.717, 1.165) is 38.3 Å². The molecule has 8 heteroatoms. The van der Waals surface area contributed by atoms with Gasteiger partial charge in [-0.3, -0.25) is 9.89 Å². The van der Waals surface area contributed by atoms with Gasteiger partial charge in [0.15, 0.2) is 0 Å². The second-order valence-corrected chi connectivity index (χ2v) is 8.02. The van der Waals surface area contributed by atoms with Gasteiger partial charge in [-0.2, -0.15) is 0 Å². The highest BCUT2D eigenvalue weighted by Gasteiger charge is 2.45. The molecule has 1 aromatic heterocycles. The van der Waals surface area contributed by atoms with Crippen LogP contribution in [0.25, 0.3) is 0 Å². The summed E-state index contributed by atoms with van der Waals surface area (Å²) in [6.45, 7) is 6.76. The van der Waals surface area contributed by atoms with Gasteiger partial charge in [-0.25, -0.2) is 4.98 Å². The third kappa shape index (κ3) is 4.17. The molecular weight excluding hydrogens is 340 g/mol. The zero-order chi connectivity index (χ0) is 17.9. The van der Waals surface area contributed by atoms with Crippen LogP contribution < -0.4 is 0 Å². The molecule has 1 aromatic rings. The number of aryl methyl sites for hydroxylation is 1. The fraction of sp³-hybridized carbons (Fsp3) is 0.824. The van der Waals surface area contributed by atoms with Gasteiger partial charge in [0, 0.05) is 38.6 Å². The average molecular weight is 369 g/mol. The molecule has 2 N–H and O–H groups in total. The monoisotopic (exact) mass is 368 g/mol. The van der Waals surface area contributed by atoms with Crippen molar-refractivity contribution < 1.29 is 14.6 Å². The predicted octanol–water partition coefficient (Wildman–Crippen LogP) is 1.49. The Balaban J connectivity index is 1.52. The third-order valence-corrected chi connectivity index (χ3v) is 6.41. The molecule has 3 rings (SSSR count). The van der Waals surface area contributed by atoms with Crippen molar-refractivity contribution in [2.24, 2.45) is 11.8 Å². The Bertz CT molecular complexity index is 590. The Morgan fingerprint density at radius 2 is 2.24 bits per heavy atom. The summed E-state index contributed by atoms with van der Waals surface area (Å²) in [5.74, 6) is 1.62. The standard InChI is InChI=1S/C17H28N4O3S/c1-3-14-18-16(20-19-14)25-11-15(22)21-7-6-17(23,12(2)10-21)13-4-8-24-9-5-13/h12-13,23H,3-11H2,1-2H3,(H,18,19,20). The van der Waals surface area contributed by atoms with Crippen molar-refractivity contribution in [3.63, 3.8) is 0 Å². The number of hydrogen-bond acceptors (Lipinski definition) is 6. The van der Waals surface area contributed by atoms with Crippen LogP contribution in [0.4, 0.5) is 0 Å². The van der Waals surface area contributed by atoms with Gasteiger partial charge in [-0.05, 0) is 25.2 Å². The van der Waals surface area contributed by atoms with Crippen LogP contribution in [-0.4, -0.2) is 68.8 Å². The number of nitrogens with zero attached hydrogens (tertiary/aromatic N) is 3. The van der Waals surface area contributed by atoms with Crippen LogP contribution in [0.15, 0.2) is 5.16 Å². The lowest BCUT2D eigenvalue weighted by molar-refractivity contribution is -0.149. The van der Waals surface area contributed by atoms with Gasteiger partial charge in [-0.1, -0.05) is 25.6 Å². The number of aliphatic hydroxyl groups is 1. The topological polar surface area (TPSA) is 91.3 Å². The van der Waals surface area contributed by atoms with Gasteiger partial charge >= 0.3 is 0 Å². The van der Waals surface area contributed by atoms with E-state index in [4.69, 9.17) is 4.74 Å². The number of carbonyl (C=O) groups is 1. The van der Waals surface area contributed by atoms with Crippen LogP contribution in [0.3, 0.4) is 0 Å². The highest BCUT2D eigenvalue weighted by Crippen LogP contribution is 2.39. The van der Waals surface area contributed by atoms with Gasteiger partial charge < -0.3 is 14.7 Å². The summed E-state index contributed by atoms with van der Waals surface area (Å²) in [5, 5.41) is 18.8. The molecule has 25 heavy (non-hydrogen) atoms. The second-order valence-electron chi connectivity index (χ2n) is 7.08. The summed E-state index contributed by atoms with van der Waals surface area (Å²) in [6.07, 6.45) is 3.27. The van der Waals surface area contributed by atoms with E-state index in [2.05, 4.69) is 22.1 Å². The zero-order valence-corrected chi connectivity index (χ0v) is 15.8. The normalized spacial score (nSPS) is 28.3. The van der Waals surface area contributed by atoms with E-state index in [9.17, 15) is 9.90 Å². The van der Waals surface area contributed by atoms with Gasteiger partial charge in [0.2, 0.25) is 11.1 Å². The molecule has 1 amide bonds. The summed E-state index contributed by atoms with van der Waals surface area (Å²) in [7, 11) is 0. The number of ether oxygens (including phenoxy) is 1. The zero-order valence-electron chi connectivity index (χ0n) is 15.0. The SMILES string of the molecule is CCc1nc(SCC(=O)N2CCC(O)(C3CCOCC3)C(C)C2)n[nH]1. The number of likely N-dealkylation sites (tertiary alicyclic amines) is 1. The quantitative estimate of drug-likeness (QED) is 0.765. The van der Waals surface area contributed by atoms with E-state index in [1.165, 1.54) is 11.8 Å². The summed E-state index contributed by atoms with van der Waals surface area (Å²) < 4.78 is 5.42. The minimum atomic E-state index is -0.673. The highest BCUT2D eigenvalue weighted by atomic mass is 32.2. The van der Waals surface area contributed by atoms with E-state index in [0.29, 0.717) is 30.4 Å². The first kappa shape index (κ1) is 18.7. The molecule has 0 aromatic carbocycles. The van der Waals surface area contributed by atoms with Crippen molar-refractivity contribution in [1.82, 2.24) is 20.1 Å². The molecule has 0 aliphatic carbocycles. The molecule has 2 aliphatic heterocycles. The molecule has 2 fully saturated rings. The number of thioether (sulfide) groups is 1. The molecule has 140 valence electrons. The predicted molar refractivity (Wildman–Crippen MR) is 95.3 cm³/mol. The van der Waals surface area contributed by atoms with Crippen molar-refractivity contribution in [1.29, 1.82) is 0 Å². The van der Waals surface area contributed by atoms with Crippen molar-refractivity contribution in [2.45, 2.75) is 50.3 Å². The molecule has 2 atom stereocenters. The van der Waals surface area contributed by atoms with Crippen LogP contribution in [0.1, 0.15) is 38.9 Å². The van der Waals surface area contributed by atoms with E-state index >= 15 is 0 Å². The van der Waals surface area contributed by atoms with Crippen LogP contribution in [0.5, 0.6) is 0 Å². The summed E-state index contributed by atoms with van der Waals surface area (Å²) >= 11 is 1.36. The lowest BCUT2D eigenvalue weighted by Crippen LogP contribution is -2.57. The highest BCUT2D eigenvalue weighted by molar-refractivity contribution is 7.99. The molecule has 7 nitrogen and oxygen atoms in total. The van der Waals surface area contributed by atoms with Gasteiger partial charge in [-0.15, -0.1) is 5.10 Å². The van der Waals surface area contributed by atoms with Crippen molar-refractivity contribution in [3.05, 3.63) is 5.82 Å². The van der Waals surface area contributed by atoms with Crippen LogP contribution >= 0.6 is 11.8 Å². The van der Waals surface area contributed by atoms with E-state index in [1.807, 2.05) is 11.8 Å². The maximum atomic E-state index is 12.5. The number of carbonyl (C=O) groups excluding carboxylic acids is 1. The number of H-pyrrole nitrogens is 1. The molecule has 2 aliphatic rings. The number of hydrogen-bond donors (Lipinski definition) is 2. The fourth-order valence-electron chi connectivity index (χ4n) is 3.89. The average Bonchev–Trinajstić information content (AvgIpc) is 3.11. The number of aromatic nitrogens is 3. The Labute approximate surface area is 152 Å². The number of piperidine rings is 1. The Hall–Kier alpha value is -1.12. The molecule has 3 heterocycles.